The molecule has 0 bridgehead atoms. The predicted molar refractivity (Wildman–Crippen MR) is 93.2 cm³/mol. The van der Waals surface area contributed by atoms with Crippen molar-refractivity contribution < 1.29 is 28.7 Å². The molecule has 2 aliphatic rings. The van der Waals surface area contributed by atoms with Crippen molar-refractivity contribution in [3.05, 3.63) is 35.4 Å². The van der Waals surface area contributed by atoms with Crippen LogP contribution in [0.4, 0.5) is 0 Å². The fourth-order valence-corrected chi connectivity index (χ4v) is 4.25. The number of nitrogens with zero attached hydrogens (tertiary/aromatic N) is 1. The normalized spacial score (nSPS) is 29.6. The number of hydrogen-bond donors (Lipinski definition) is 1. The summed E-state index contributed by atoms with van der Waals surface area (Å²) in [7, 11) is 3.77. The molecule has 1 aromatic rings. The Balaban J connectivity index is 2.18. The number of imide groups is 1. The molecule has 1 aromatic carbocycles. The highest BCUT2D eigenvalue weighted by atomic mass is 16.5. The van der Waals surface area contributed by atoms with E-state index < -0.39 is 47.7 Å². The van der Waals surface area contributed by atoms with Crippen LogP contribution in [0.5, 0.6) is 0 Å². The summed E-state index contributed by atoms with van der Waals surface area (Å²) in [6.45, 7) is 1.88. The molecule has 144 valence electrons. The minimum absolute atomic E-state index is 0.388. The summed E-state index contributed by atoms with van der Waals surface area (Å²) >= 11 is 0. The van der Waals surface area contributed by atoms with E-state index in [1.54, 1.807) is 0 Å². The Labute approximate surface area is 156 Å². The molecule has 8 nitrogen and oxygen atoms in total. The van der Waals surface area contributed by atoms with Crippen LogP contribution in [0.2, 0.25) is 0 Å². The Kier molecular flexibility index (Phi) is 4.77. The third-order valence-corrected chi connectivity index (χ3v) is 5.60. The summed E-state index contributed by atoms with van der Waals surface area (Å²) in [5.41, 5.74) is 0.0265. The van der Waals surface area contributed by atoms with Crippen molar-refractivity contribution in [1.82, 2.24) is 10.2 Å². The van der Waals surface area contributed by atoms with Crippen molar-refractivity contribution in [2.24, 2.45) is 11.8 Å². The topological polar surface area (TPSA) is 102 Å². The lowest BCUT2D eigenvalue weighted by molar-refractivity contribution is -0.159. The van der Waals surface area contributed by atoms with Crippen LogP contribution in [0.15, 0.2) is 24.3 Å². The van der Waals surface area contributed by atoms with Gasteiger partial charge < -0.3 is 9.47 Å². The van der Waals surface area contributed by atoms with Crippen molar-refractivity contribution in [2.45, 2.75) is 24.9 Å². The second-order valence-corrected chi connectivity index (χ2v) is 6.93. The summed E-state index contributed by atoms with van der Waals surface area (Å²) in [4.78, 5) is 51.6. The van der Waals surface area contributed by atoms with Gasteiger partial charge in [0.25, 0.3) is 0 Å². The number of likely N-dealkylation sites (tertiary alicyclic amines) is 1. The molecule has 2 aliphatic heterocycles. The molecule has 27 heavy (non-hydrogen) atoms. The Morgan fingerprint density at radius 3 is 2.41 bits per heavy atom. The SMILES string of the molecule is COC(=O)C[C@]1(C(=O)OC)N[C@@H](c2ccccc2C)[C@H]2C(=O)N(C)C(=O)[C@H]21. The molecule has 2 amide bonds. The van der Waals surface area contributed by atoms with Gasteiger partial charge in [0.2, 0.25) is 11.8 Å². The summed E-state index contributed by atoms with van der Waals surface area (Å²) in [6, 6.07) is 6.80. The molecule has 4 atom stereocenters. The zero-order valence-corrected chi connectivity index (χ0v) is 15.6. The average Bonchev–Trinajstić information content (AvgIpc) is 3.11. The summed E-state index contributed by atoms with van der Waals surface area (Å²) in [5, 5.41) is 3.12. The highest BCUT2D eigenvalue weighted by Crippen LogP contribution is 2.50. The molecular weight excluding hydrogens is 352 g/mol. The average molecular weight is 374 g/mol. The van der Waals surface area contributed by atoms with Gasteiger partial charge in [-0.25, -0.2) is 0 Å². The Hall–Kier alpha value is -2.74. The number of fused-ring (bicyclic) bond motifs is 1. The molecule has 2 heterocycles. The second kappa shape index (κ2) is 6.77. The van der Waals surface area contributed by atoms with E-state index in [1.807, 2.05) is 31.2 Å². The Morgan fingerprint density at radius 2 is 1.81 bits per heavy atom. The molecule has 2 fully saturated rings. The standard InChI is InChI=1S/C19H22N2O6/c1-10-7-5-6-8-11(10)15-13-14(17(24)21(2)16(13)23)19(20-15,18(25)27-4)9-12(22)26-3/h5-8,13-15,20H,9H2,1-4H3/t13-,14-,15-,19-/m0/s1. The van der Waals surface area contributed by atoms with E-state index in [9.17, 15) is 19.2 Å². The first-order valence-corrected chi connectivity index (χ1v) is 8.58. The number of aryl methyl sites for hydroxylation is 1. The van der Waals surface area contributed by atoms with Crippen LogP contribution in [0, 0.1) is 18.8 Å². The number of benzene rings is 1. The van der Waals surface area contributed by atoms with Crippen molar-refractivity contribution in [1.29, 1.82) is 0 Å². The van der Waals surface area contributed by atoms with Crippen molar-refractivity contribution in [3.8, 4) is 0 Å². The van der Waals surface area contributed by atoms with E-state index >= 15 is 0 Å². The van der Waals surface area contributed by atoms with Gasteiger partial charge in [-0.1, -0.05) is 24.3 Å². The van der Waals surface area contributed by atoms with Gasteiger partial charge in [-0.15, -0.1) is 0 Å². The highest BCUT2D eigenvalue weighted by molar-refractivity contribution is 6.10. The summed E-state index contributed by atoms with van der Waals surface area (Å²) < 4.78 is 9.67. The highest BCUT2D eigenvalue weighted by Gasteiger charge is 2.69. The number of nitrogens with one attached hydrogen (secondary N) is 1. The molecule has 0 radical (unpaired) electrons. The van der Waals surface area contributed by atoms with Crippen LogP contribution in [-0.2, 0) is 28.7 Å². The van der Waals surface area contributed by atoms with Crippen LogP contribution >= 0.6 is 0 Å². The fraction of sp³-hybridized carbons (Fsp3) is 0.474. The van der Waals surface area contributed by atoms with E-state index in [0.717, 1.165) is 16.0 Å². The van der Waals surface area contributed by atoms with E-state index in [1.165, 1.54) is 21.3 Å². The third-order valence-electron chi connectivity index (χ3n) is 5.60. The molecule has 0 aliphatic carbocycles. The smallest absolute Gasteiger partial charge is 0.327 e. The van der Waals surface area contributed by atoms with Crippen molar-refractivity contribution in [3.63, 3.8) is 0 Å². The molecule has 0 spiro atoms. The van der Waals surface area contributed by atoms with Gasteiger partial charge in [-0.05, 0) is 18.1 Å². The number of hydrogen-bond acceptors (Lipinski definition) is 7. The number of ether oxygens (including phenoxy) is 2. The van der Waals surface area contributed by atoms with Gasteiger partial charge in [0.05, 0.1) is 32.5 Å². The van der Waals surface area contributed by atoms with Gasteiger partial charge in [-0.2, -0.15) is 0 Å². The van der Waals surface area contributed by atoms with Crippen LogP contribution in [0.1, 0.15) is 23.6 Å². The van der Waals surface area contributed by atoms with Crippen molar-refractivity contribution in [2.75, 3.05) is 21.3 Å². The zero-order chi connectivity index (χ0) is 19.9. The van der Waals surface area contributed by atoms with Crippen LogP contribution in [0.3, 0.4) is 0 Å². The molecule has 3 rings (SSSR count). The fourth-order valence-electron chi connectivity index (χ4n) is 4.25. The van der Waals surface area contributed by atoms with E-state index in [-0.39, 0.29) is 5.91 Å². The minimum Gasteiger partial charge on any atom is -0.469 e. The van der Waals surface area contributed by atoms with Crippen LogP contribution in [0.25, 0.3) is 0 Å². The molecule has 0 saturated carbocycles. The van der Waals surface area contributed by atoms with Gasteiger partial charge in [0.1, 0.15) is 5.54 Å². The van der Waals surface area contributed by atoms with E-state index in [0.29, 0.717) is 0 Å². The molecule has 8 heteroatoms. The first-order chi connectivity index (χ1) is 12.8. The first-order valence-electron chi connectivity index (χ1n) is 8.58. The first kappa shape index (κ1) is 19.0. The van der Waals surface area contributed by atoms with Gasteiger partial charge in [0.15, 0.2) is 0 Å². The maximum absolute atomic E-state index is 12.9. The maximum Gasteiger partial charge on any atom is 0.327 e. The lowest BCUT2D eigenvalue weighted by Gasteiger charge is -2.31. The Bertz CT molecular complexity index is 822. The molecule has 1 N–H and O–H groups in total. The maximum atomic E-state index is 12.9. The number of carbonyl (C=O) groups is 4. The number of esters is 2. The van der Waals surface area contributed by atoms with Gasteiger partial charge >= 0.3 is 11.9 Å². The second-order valence-electron chi connectivity index (χ2n) is 6.93. The molecule has 2 saturated heterocycles. The van der Waals surface area contributed by atoms with E-state index in [2.05, 4.69) is 5.32 Å². The minimum atomic E-state index is -1.67. The lowest BCUT2D eigenvalue weighted by atomic mass is 9.77. The molecule has 0 unspecified atom stereocenters. The lowest BCUT2D eigenvalue weighted by Crippen LogP contribution is -2.57. The van der Waals surface area contributed by atoms with Gasteiger partial charge in [-0.3, -0.25) is 29.4 Å². The summed E-state index contributed by atoms with van der Waals surface area (Å²) in [5.74, 6) is -4.20. The monoisotopic (exact) mass is 374 g/mol. The quantitative estimate of drug-likeness (QED) is 0.599. The Morgan fingerprint density at radius 1 is 1.15 bits per heavy atom. The predicted octanol–water partition coefficient (Wildman–Crippen LogP) is 0.345. The number of methoxy groups -OCH3 is 2. The number of rotatable bonds is 4. The van der Waals surface area contributed by atoms with Crippen molar-refractivity contribution >= 4 is 23.8 Å². The largest absolute Gasteiger partial charge is 0.469 e. The summed E-state index contributed by atoms with van der Waals surface area (Å²) in [6.07, 6.45) is -0.410. The van der Waals surface area contributed by atoms with E-state index in [4.69, 9.17) is 9.47 Å². The molecule has 0 aromatic heterocycles. The number of amides is 2. The third kappa shape index (κ3) is 2.71. The van der Waals surface area contributed by atoms with Gasteiger partial charge in [0, 0.05) is 13.1 Å². The van der Waals surface area contributed by atoms with Crippen LogP contribution < -0.4 is 5.32 Å². The van der Waals surface area contributed by atoms with Crippen LogP contribution in [-0.4, -0.2) is 55.5 Å². The zero-order valence-electron chi connectivity index (χ0n) is 15.6. The molecular formula is C19H22N2O6. The number of carbonyl (C=O) groups excluding carboxylic acids is 4.